The molecule has 6 heteroatoms. The van der Waals surface area contributed by atoms with Crippen molar-refractivity contribution in [2.24, 2.45) is 5.73 Å². The average Bonchev–Trinajstić information content (AvgIpc) is 2.33. The summed E-state index contributed by atoms with van der Waals surface area (Å²) in [7, 11) is 0. The monoisotopic (exact) mass is 250 g/mol. The molecule has 0 rings (SSSR count). The zero-order chi connectivity index (χ0) is 13.8. The molecule has 0 saturated carbocycles. The van der Waals surface area contributed by atoms with Gasteiger partial charge in [0, 0.05) is 12.8 Å². The Kier molecular flexibility index (Phi) is 8.93. The summed E-state index contributed by atoms with van der Waals surface area (Å²) < 4.78 is 0. The molecule has 0 aliphatic heterocycles. The molecule has 0 radical (unpaired) electrons. The molecule has 0 aromatic rings. The smallest absolute Gasteiger partial charge is 0.249 e. The second-order valence-electron chi connectivity index (χ2n) is 4.02. The molecule has 98 valence electrons. The largest absolute Gasteiger partial charge is 0.370 e. The van der Waals surface area contributed by atoms with Gasteiger partial charge in [0.05, 0.1) is 0 Å². The van der Waals surface area contributed by atoms with E-state index in [9.17, 15) is 9.59 Å². The number of carbonyl (C=O) groups is 2. The Morgan fingerprint density at radius 1 is 0.889 bits per heavy atom. The lowest BCUT2D eigenvalue weighted by Gasteiger charge is -2.03. The molecular weight excluding hydrogens is 232 g/mol. The Bertz CT molecular complexity index is 340. The SMILES string of the molecule is N#CN(C#N)C(=O)CCCCCCCCC(N)=O. The highest BCUT2D eigenvalue weighted by atomic mass is 16.2. The van der Waals surface area contributed by atoms with Crippen LogP contribution in [0.2, 0.25) is 0 Å². The quantitative estimate of drug-likeness (QED) is 0.378. The molecule has 0 aliphatic rings. The van der Waals surface area contributed by atoms with Crippen LogP contribution in [0.3, 0.4) is 0 Å². The summed E-state index contributed by atoms with van der Waals surface area (Å²) in [6.45, 7) is 0. The lowest BCUT2D eigenvalue weighted by Crippen LogP contribution is -2.20. The summed E-state index contributed by atoms with van der Waals surface area (Å²) in [6, 6.07) is 0. The Morgan fingerprint density at radius 2 is 1.33 bits per heavy atom. The summed E-state index contributed by atoms with van der Waals surface area (Å²) in [6.07, 6.45) is 8.98. The Hall–Kier alpha value is -2.08. The molecule has 0 bridgehead atoms. The molecule has 0 fully saturated rings. The molecule has 0 aromatic heterocycles. The van der Waals surface area contributed by atoms with Crippen molar-refractivity contribution in [3.8, 4) is 12.4 Å². The van der Waals surface area contributed by atoms with Crippen LogP contribution in [0, 0.1) is 22.9 Å². The van der Waals surface area contributed by atoms with E-state index in [2.05, 4.69) is 0 Å². The highest BCUT2D eigenvalue weighted by Gasteiger charge is 2.10. The van der Waals surface area contributed by atoms with Gasteiger partial charge in [-0.3, -0.25) is 9.59 Å². The van der Waals surface area contributed by atoms with Gasteiger partial charge in [-0.25, -0.2) is 0 Å². The molecule has 0 aliphatic carbocycles. The highest BCUT2D eigenvalue weighted by Crippen LogP contribution is 2.09. The van der Waals surface area contributed by atoms with Crippen LogP contribution in [0.5, 0.6) is 0 Å². The lowest BCUT2D eigenvalue weighted by atomic mass is 10.1. The van der Waals surface area contributed by atoms with Crippen molar-refractivity contribution >= 4 is 11.8 Å². The van der Waals surface area contributed by atoms with E-state index in [1.807, 2.05) is 0 Å². The van der Waals surface area contributed by atoms with Crippen LogP contribution in [-0.4, -0.2) is 16.7 Å². The van der Waals surface area contributed by atoms with E-state index >= 15 is 0 Å². The fourth-order valence-corrected chi connectivity index (χ4v) is 1.53. The number of carbonyl (C=O) groups excluding carboxylic acids is 2. The average molecular weight is 250 g/mol. The van der Waals surface area contributed by atoms with Gasteiger partial charge in [-0.15, -0.1) is 4.90 Å². The molecule has 0 spiro atoms. The van der Waals surface area contributed by atoms with Crippen molar-refractivity contribution in [1.29, 1.82) is 10.5 Å². The van der Waals surface area contributed by atoms with Crippen molar-refractivity contribution in [3.63, 3.8) is 0 Å². The van der Waals surface area contributed by atoms with Crippen molar-refractivity contribution in [2.75, 3.05) is 0 Å². The number of hydrogen-bond donors (Lipinski definition) is 1. The maximum atomic E-state index is 11.2. The lowest BCUT2D eigenvalue weighted by molar-refractivity contribution is -0.125. The highest BCUT2D eigenvalue weighted by molar-refractivity contribution is 5.79. The number of nitrogens with zero attached hydrogens (tertiary/aromatic N) is 3. The van der Waals surface area contributed by atoms with Crippen LogP contribution < -0.4 is 5.73 Å². The van der Waals surface area contributed by atoms with E-state index < -0.39 is 5.91 Å². The molecule has 0 atom stereocenters. The van der Waals surface area contributed by atoms with Gasteiger partial charge in [-0.2, -0.15) is 10.5 Å². The second-order valence-corrected chi connectivity index (χ2v) is 4.02. The summed E-state index contributed by atoms with van der Waals surface area (Å²) in [4.78, 5) is 22.2. The van der Waals surface area contributed by atoms with Crippen LogP contribution in [0.4, 0.5) is 0 Å². The molecule has 0 saturated heterocycles. The molecule has 0 unspecified atom stereocenters. The van der Waals surface area contributed by atoms with Crippen LogP contribution in [0.15, 0.2) is 0 Å². The summed E-state index contributed by atoms with van der Waals surface area (Å²) >= 11 is 0. The molecule has 18 heavy (non-hydrogen) atoms. The summed E-state index contributed by atoms with van der Waals surface area (Å²) in [5.41, 5.74) is 5.01. The number of nitrogens with two attached hydrogens (primary N) is 1. The third kappa shape index (κ3) is 8.12. The number of rotatable bonds is 9. The van der Waals surface area contributed by atoms with Crippen molar-refractivity contribution < 1.29 is 9.59 Å². The van der Waals surface area contributed by atoms with Gasteiger partial charge >= 0.3 is 0 Å². The standard InChI is InChI=1S/C12H18N4O2/c13-9-16(10-14)12(18)8-6-4-2-1-3-5-7-11(15)17/h1-8H2,(H2,15,17). The minimum absolute atomic E-state index is 0.225. The van der Waals surface area contributed by atoms with Gasteiger partial charge < -0.3 is 5.73 Å². The Balaban J connectivity index is 3.42. The fourth-order valence-electron chi connectivity index (χ4n) is 1.53. The van der Waals surface area contributed by atoms with E-state index in [1.165, 1.54) is 12.4 Å². The predicted molar refractivity (Wildman–Crippen MR) is 64.2 cm³/mol. The van der Waals surface area contributed by atoms with Gasteiger partial charge in [0.15, 0.2) is 0 Å². The van der Waals surface area contributed by atoms with Crippen molar-refractivity contribution in [2.45, 2.75) is 51.4 Å². The van der Waals surface area contributed by atoms with Gasteiger partial charge in [0.2, 0.25) is 24.2 Å². The van der Waals surface area contributed by atoms with E-state index in [1.54, 1.807) is 0 Å². The zero-order valence-electron chi connectivity index (χ0n) is 10.4. The van der Waals surface area contributed by atoms with E-state index in [0.717, 1.165) is 32.1 Å². The predicted octanol–water partition coefficient (Wildman–Crippen LogP) is 1.38. The first-order valence-electron chi connectivity index (χ1n) is 6.02. The van der Waals surface area contributed by atoms with Crippen LogP contribution >= 0.6 is 0 Å². The van der Waals surface area contributed by atoms with E-state index in [0.29, 0.717) is 17.7 Å². The van der Waals surface area contributed by atoms with E-state index in [-0.39, 0.29) is 12.3 Å². The van der Waals surface area contributed by atoms with E-state index in [4.69, 9.17) is 16.3 Å². The first kappa shape index (κ1) is 15.9. The molecular formula is C12H18N4O2. The first-order valence-corrected chi connectivity index (χ1v) is 6.02. The van der Waals surface area contributed by atoms with Gasteiger partial charge in [0.1, 0.15) is 0 Å². The van der Waals surface area contributed by atoms with Crippen molar-refractivity contribution in [1.82, 2.24) is 4.90 Å². The number of primary amides is 1. The van der Waals surface area contributed by atoms with Crippen molar-refractivity contribution in [3.05, 3.63) is 0 Å². The molecule has 2 N–H and O–H groups in total. The number of nitriles is 2. The maximum absolute atomic E-state index is 11.2. The first-order chi connectivity index (χ1) is 8.61. The number of unbranched alkanes of at least 4 members (excludes halogenated alkanes) is 5. The Morgan fingerprint density at radius 3 is 1.78 bits per heavy atom. The van der Waals surface area contributed by atoms with Crippen LogP contribution in [0.1, 0.15) is 51.4 Å². The topological polar surface area (TPSA) is 111 Å². The second kappa shape index (κ2) is 10.1. The third-order valence-corrected chi connectivity index (χ3v) is 2.51. The van der Waals surface area contributed by atoms with Gasteiger partial charge in [-0.05, 0) is 12.8 Å². The maximum Gasteiger partial charge on any atom is 0.249 e. The fraction of sp³-hybridized carbons (Fsp3) is 0.667. The molecule has 0 aromatic carbocycles. The number of amides is 2. The molecule has 6 nitrogen and oxygen atoms in total. The molecule has 2 amide bonds. The Labute approximate surface area is 107 Å². The normalized spacial score (nSPS) is 9.22. The minimum atomic E-state index is -0.450. The molecule has 0 heterocycles. The number of hydrogen-bond acceptors (Lipinski definition) is 4. The van der Waals surface area contributed by atoms with Crippen LogP contribution in [-0.2, 0) is 9.59 Å². The van der Waals surface area contributed by atoms with Crippen LogP contribution in [0.25, 0.3) is 0 Å². The van der Waals surface area contributed by atoms with Gasteiger partial charge in [-0.1, -0.05) is 25.7 Å². The van der Waals surface area contributed by atoms with Gasteiger partial charge in [0.25, 0.3) is 0 Å². The third-order valence-electron chi connectivity index (χ3n) is 2.51. The minimum Gasteiger partial charge on any atom is -0.370 e. The zero-order valence-corrected chi connectivity index (χ0v) is 10.4. The summed E-state index contributed by atoms with van der Waals surface area (Å²) in [5.74, 6) is -0.720. The summed E-state index contributed by atoms with van der Waals surface area (Å²) in [5, 5.41) is 16.9.